The van der Waals surface area contributed by atoms with Gasteiger partial charge in [-0.25, -0.2) is 4.79 Å². The minimum atomic E-state index is -0.802. The third-order valence-corrected chi connectivity index (χ3v) is 8.01. The molecule has 0 aromatic rings. The highest BCUT2D eigenvalue weighted by atomic mass is 16.7. The molecule has 5 heteroatoms. The molecule has 0 bridgehead atoms. The Morgan fingerprint density at radius 3 is 2.64 bits per heavy atom. The van der Waals surface area contributed by atoms with Gasteiger partial charge in [0.15, 0.2) is 5.79 Å². The van der Waals surface area contributed by atoms with Crippen LogP contribution in [0.15, 0.2) is 23.8 Å². The Morgan fingerprint density at radius 2 is 1.96 bits per heavy atom. The van der Waals surface area contributed by atoms with Crippen molar-refractivity contribution in [2.45, 2.75) is 77.8 Å². The van der Waals surface area contributed by atoms with E-state index in [-0.39, 0.29) is 35.4 Å². The van der Waals surface area contributed by atoms with Crippen LogP contribution in [-0.4, -0.2) is 42.3 Å². The van der Waals surface area contributed by atoms with E-state index in [4.69, 9.17) is 14.2 Å². The van der Waals surface area contributed by atoms with E-state index in [2.05, 4.69) is 20.4 Å². The van der Waals surface area contributed by atoms with Gasteiger partial charge in [-0.05, 0) is 63.2 Å². The van der Waals surface area contributed by atoms with Crippen LogP contribution in [0.4, 0.5) is 0 Å². The average molecular weight is 391 g/mol. The van der Waals surface area contributed by atoms with Crippen molar-refractivity contribution < 1.29 is 24.1 Å². The van der Waals surface area contributed by atoms with Gasteiger partial charge in [-0.15, -0.1) is 0 Å². The van der Waals surface area contributed by atoms with Crippen molar-refractivity contribution in [1.82, 2.24) is 0 Å². The number of hydrogen-bond donors (Lipinski definition) is 1. The smallest absolute Gasteiger partial charge is 0.336 e. The van der Waals surface area contributed by atoms with E-state index >= 15 is 0 Å². The average Bonchev–Trinajstić information content (AvgIpc) is 2.93. The first-order valence-corrected chi connectivity index (χ1v) is 10.6. The summed E-state index contributed by atoms with van der Waals surface area (Å²) < 4.78 is 17.4. The summed E-state index contributed by atoms with van der Waals surface area (Å²) in [5, 5.41) is 10.0. The summed E-state index contributed by atoms with van der Waals surface area (Å²) in [5.74, 6) is -0.141. The lowest BCUT2D eigenvalue weighted by Gasteiger charge is -2.63. The highest BCUT2D eigenvalue weighted by Gasteiger charge is 2.60. The molecule has 5 nitrogen and oxygen atoms in total. The van der Waals surface area contributed by atoms with Gasteiger partial charge >= 0.3 is 5.97 Å². The van der Waals surface area contributed by atoms with Crippen LogP contribution >= 0.6 is 0 Å². The molecule has 6 atom stereocenters. The maximum Gasteiger partial charge on any atom is 0.336 e. The summed E-state index contributed by atoms with van der Waals surface area (Å²) in [6, 6.07) is 0. The molecule has 2 heterocycles. The first kappa shape index (κ1) is 20.1. The van der Waals surface area contributed by atoms with Crippen molar-refractivity contribution >= 4 is 5.97 Å². The van der Waals surface area contributed by atoms with Crippen molar-refractivity contribution in [3.8, 4) is 0 Å². The highest BCUT2D eigenvalue weighted by molar-refractivity contribution is 5.91. The Labute approximate surface area is 168 Å². The van der Waals surface area contributed by atoms with Crippen LogP contribution in [0.25, 0.3) is 0 Å². The van der Waals surface area contributed by atoms with E-state index in [0.29, 0.717) is 11.5 Å². The molecule has 4 aliphatic rings. The van der Waals surface area contributed by atoms with Gasteiger partial charge in [-0.1, -0.05) is 32.1 Å². The molecule has 2 aliphatic carbocycles. The van der Waals surface area contributed by atoms with E-state index in [9.17, 15) is 9.90 Å². The van der Waals surface area contributed by atoms with Crippen LogP contribution < -0.4 is 0 Å². The highest BCUT2D eigenvalue weighted by Crippen LogP contribution is 2.63. The molecule has 156 valence electrons. The number of rotatable bonds is 2. The van der Waals surface area contributed by atoms with Crippen LogP contribution in [0.5, 0.6) is 0 Å². The Kier molecular flexibility index (Phi) is 4.80. The van der Waals surface area contributed by atoms with Gasteiger partial charge < -0.3 is 19.3 Å². The second-order valence-corrected chi connectivity index (χ2v) is 10.2. The summed E-state index contributed by atoms with van der Waals surface area (Å²) >= 11 is 0. The molecule has 0 aromatic heterocycles. The molecule has 0 amide bonds. The molecule has 1 unspecified atom stereocenters. The van der Waals surface area contributed by atoms with Crippen molar-refractivity contribution in [2.24, 2.45) is 22.7 Å². The van der Waals surface area contributed by atoms with Gasteiger partial charge in [-0.3, -0.25) is 0 Å². The maximum absolute atomic E-state index is 11.9. The predicted molar refractivity (Wildman–Crippen MR) is 105 cm³/mol. The fourth-order valence-corrected chi connectivity index (χ4v) is 6.43. The third kappa shape index (κ3) is 3.06. The zero-order valence-electron chi connectivity index (χ0n) is 17.6. The zero-order valence-corrected chi connectivity index (χ0v) is 17.6. The molecular weight excluding hydrogens is 356 g/mol. The van der Waals surface area contributed by atoms with Gasteiger partial charge in [-0.2, -0.15) is 0 Å². The lowest BCUT2D eigenvalue weighted by atomic mass is 9.46. The van der Waals surface area contributed by atoms with E-state index in [1.165, 1.54) is 5.57 Å². The molecular formula is C23H34O5. The first-order chi connectivity index (χ1) is 13.1. The van der Waals surface area contributed by atoms with E-state index in [1.54, 1.807) is 0 Å². The van der Waals surface area contributed by atoms with Crippen LogP contribution in [-0.2, 0) is 19.0 Å². The summed E-state index contributed by atoms with van der Waals surface area (Å²) in [7, 11) is 0. The number of fused-ring (bicyclic) bond motifs is 3. The maximum atomic E-state index is 11.9. The molecule has 4 rings (SSSR count). The summed E-state index contributed by atoms with van der Waals surface area (Å²) in [6.45, 7) is 13.9. The van der Waals surface area contributed by atoms with Crippen LogP contribution in [0.3, 0.4) is 0 Å². The standard InChI is InChI=1S/C23H34O5/c1-14-6-9-18-22(4,16(14)8-7-15-17(24)12-26-20(15)25)11-10-19-23(18,5)13-27-21(2,3)28-19/h7,16-19,24H,1,6,8-13H2,2-5H3/t16-,17+,18?,19+,22+,23-/m0/s1. The van der Waals surface area contributed by atoms with E-state index in [0.717, 1.165) is 38.7 Å². The largest absolute Gasteiger partial charge is 0.459 e. The molecule has 2 aliphatic heterocycles. The van der Waals surface area contributed by atoms with E-state index < -0.39 is 11.9 Å². The van der Waals surface area contributed by atoms with E-state index in [1.807, 2.05) is 19.9 Å². The summed E-state index contributed by atoms with van der Waals surface area (Å²) in [5.41, 5.74) is 1.74. The molecule has 0 radical (unpaired) electrons. The molecule has 0 aromatic carbocycles. The Balaban J connectivity index is 1.61. The number of aliphatic hydroxyl groups excluding tert-OH is 1. The van der Waals surface area contributed by atoms with Gasteiger partial charge in [0, 0.05) is 5.41 Å². The quantitative estimate of drug-likeness (QED) is 0.442. The van der Waals surface area contributed by atoms with Gasteiger partial charge in [0.05, 0.1) is 18.3 Å². The van der Waals surface area contributed by atoms with Gasteiger partial charge in [0.1, 0.15) is 12.7 Å². The number of allylic oxidation sites excluding steroid dienone is 2. The fourth-order valence-electron chi connectivity index (χ4n) is 6.43. The van der Waals surface area contributed by atoms with Crippen LogP contribution in [0.1, 0.15) is 59.8 Å². The normalized spacial score (nSPS) is 46.8. The van der Waals surface area contributed by atoms with Crippen molar-refractivity contribution in [1.29, 1.82) is 0 Å². The molecule has 2 saturated heterocycles. The van der Waals surface area contributed by atoms with Crippen molar-refractivity contribution in [3.63, 3.8) is 0 Å². The number of carbonyl (C=O) groups excluding carboxylic acids is 1. The summed E-state index contributed by atoms with van der Waals surface area (Å²) in [4.78, 5) is 11.9. The Morgan fingerprint density at radius 1 is 1.21 bits per heavy atom. The lowest BCUT2D eigenvalue weighted by molar-refractivity contribution is -0.344. The minimum absolute atomic E-state index is 0.0135. The second kappa shape index (κ2) is 6.68. The fraction of sp³-hybridized carbons (Fsp3) is 0.783. The Bertz CT molecular complexity index is 710. The first-order valence-electron chi connectivity index (χ1n) is 10.6. The number of cyclic esters (lactones) is 1. The zero-order chi connectivity index (χ0) is 20.3. The molecule has 0 spiro atoms. The minimum Gasteiger partial charge on any atom is -0.459 e. The number of esters is 1. The number of aliphatic hydroxyl groups is 1. The molecule has 2 saturated carbocycles. The topological polar surface area (TPSA) is 65.0 Å². The third-order valence-electron chi connectivity index (χ3n) is 8.01. The molecule has 1 N–H and O–H groups in total. The van der Waals surface area contributed by atoms with Gasteiger partial charge in [0.2, 0.25) is 0 Å². The van der Waals surface area contributed by atoms with Gasteiger partial charge in [0.25, 0.3) is 0 Å². The predicted octanol–water partition coefficient (Wildman–Crippen LogP) is 3.76. The lowest BCUT2D eigenvalue weighted by Crippen LogP contribution is -2.62. The molecule has 4 fully saturated rings. The number of carbonyl (C=O) groups is 1. The summed E-state index contributed by atoms with van der Waals surface area (Å²) in [6.07, 6.45) is 6.22. The SMILES string of the molecule is C=C1CCC2[C@]3(C)COC(C)(C)O[C@@H]3CC[C@]2(C)[C@H]1CC=C1C(=O)OC[C@H]1O. The van der Waals surface area contributed by atoms with Crippen molar-refractivity contribution in [3.05, 3.63) is 23.8 Å². The van der Waals surface area contributed by atoms with Crippen molar-refractivity contribution in [2.75, 3.05) is 13.2 Å². The van der Waals surface area contributed by atoms with Crippen LogP contribution in [0.2, 0.25) is 0 Å². The number of ether oxygens (including phenoxy) is 3. The molecule has 28 heavy (non-hydrogen) atoms. The Hall–Kier alpha value is -1.17. The number of hydrogen-bond acceptors (Lipinski definition) is 5. The second-order valence-electron chi connectivity index (χ2n) is 10.2. The monoisotopic (exact) mass is 390 g/mol. The van der Waals surface area contributed by atoms with Crippen LogP contribution in [0, 0.1) is 22.7 Å².